The maximum atomic E-state index is 12.8. The second-order valence-corrected chi connectivity index (χ2v) is 9.54. The third-order valence-electron chi connectivity index (χ3n) is 4.30. The molecule has 0 bridgehead atoms. The lowest BCUT2D eigenvalue weighted by Gasteiger charge is -2.25. The van der Waals surface area contributed by atoms with Crippen molar-refractivity contribution in [3.63, 3.8) is 0 Å². The first-order valence-electron chi connectivity index (χ1n) is 8.80. The SMILES string of the molecule is O=C(COC(=O)c1sccc1S(=O)(=O)N1CCOCC1)Nc1cccc2nsnc12. The van der Waals surface area contributed by atoms with Gasteiger partial charge in [-0.2, -0.15) is 13.1 Å². The molecule has 0 unspecified atom stereocenters. The highest BCUT2D eigenvalue weighted by molar-refractivity contribution is 7.89. The monoisotopic (exact) mass is 468 g/mol. The van der Waals surface area contributed by atoms with Gasteiger partial charge >= 0.3 is 5.97 Å². The fourth-order valence-electron chi connectivity index (χ4n) is 2.87. The van der Waals surface area contributed by atoms with Crippen LogP contribution >= 0.6 is 23.1 Å². The number of morpholine rings is 1. The van der Waals surface area contributed by atoms with Crippen LogP contribution in [0.4, 0.5) is 5.69 Å². The number of sulfonamides is 1. The maximum Gasteiger partial charge on any atom is 0.350 e. The number of thiophene rings is 1. The normalized spacial score (nSPS) is 15.2. The summed E-state index contributed by atoms with van der Waals surface area (Å²) >= 11 is 1.97. The molecule has 13 heteroatoms. The molecule has 0 aliphatic carbocycles. The van der Waals surface area contributed by atoms with E-state index in [-0.39, 0.29) is 22.9 Å². The third-order valence-corrected chi connectivity index (χ3v) is 7.80. The average Bonchev–Trinajstić information content (AvgIpc) is 3.43. The Hall–Kier alpha value is -2.45. The van der Waals surface area contributed by atoms with Gasteiger partial charge in [0.1, 0.15) is 20.8 Å². The molecule has 0 radical (unpaired) electrons. The van der Waals surface area contributed by atoms with Gasteiger partial charge < -0.3 is 14.8 Å². The Morgan fingerprint density at radius 3 is 2.80 bits per heavy atom. The molecular formula is C17H16N4O6S3. The summed E-state index contributed by atoms with van der Waals surface area (Å²) in [6.07, 6.45) is 0. The molecule has 1 aliphatic rings. The van der Waals surface area contributed by atoms with Crippen molar-refractivity contribution in [1.29, 1.82) is 0 Å². The van der Waals surface area contributed by atoms with E-state index in [2.05, 4.69) is 14.1 Å². The number of hydrogen-bond acceptors (Lipinski definition) is 10. The van der Waals surface area contributed by atoms with E-state index in [0.29, 0.717) is 29.9 Å². The van der Waals surface area contributed by atoms with Crippen molar-refractivity contribution in [3.05, 3.63) is 34.5 Å². The molecule has 3 aromatic rings. The molecule has 30 heavy (non-hydrogen) atoms. The lowest BCUT2D eigenvalue weighted by Crippen LogP contribution is -2.40. The zero-order chi connectivity index (χ0) is 21.1. The molecule has 2 aromatic heterocycles. The molecule has 4 rings (SSSR count). The molecule has 3 heterocycles. The largest absolute Gasteiger partial charge is 0.451 e. The number of rotatable bonds is 6. The van der Waals surface area contributed by atoms with Crippen molar-refractivity contribution in [1.82, 2.24) is 13.1 Å². The summed E-state index contributed by atoms with van der Waals surface area (Å²) in [6, 6.07) is 6.51. The Morgan fingerprint density at radius 1 is 1.20 bits per heavy atom. The highest BCUT2D eigenvalue weighted by atomic mass is 32.2. The molecule has 0 spiro atoms. The molecule has 1 aliphatic heterocycles. The summed E-state index contributed by atoms with van der Waals surface area (Å²) in [5, 5.41) is 4.12. The van der Waals surface area contributed by atoms with Crippen LogP contribution in [0.5, 0.6) is 0 Å². The lowest BCUT2D eigenvalue weighted by molar-refractivity contribution is -0.119. The summed E-state index contributed by atoms with van der Waals surface area (Å²) in [6.45, 7) is 0.453. The second kappa shape index (κ2) is 8.73. The molecule has 1 amide bonds. The van der Waals surface area contributed by atoms with Crippen LogP contribution in [0.3, 0.4) is 0 Å². The van der Waals surface area contributed by atoms with Crippen molar-refractivity contribution in [2.24, 2.45) is 0 Å². The Balaban J connectivity index is 1.42. The van der Waals surface area contributed by atoms with Gasteiger partial charge in [0.05, 0.1) is 30.6 Å². The molecule has 1 N–H and O–H groups in total. The zero-order valence-electron chi connectivity index (χ0n) is 15.4. The summed E-state index contributed by atoms with van der Waals surface area (Å²) in [5.41, 5.74) is 1.64. The van der Waals surface area contributed by atoms with E-state index < -0.39 is 28.5 Å². The van der Waals surface area contributed by atoms with Crippen LogP contribution in [-0.2, 0) is 24.3 Å². The van der Waals surface area contributed by atoms with Gasteiger partial charge in [-0.05, 0) is 23.6 Å². The number of esters is 1. The van der Waals surface area contributed by atoms with E-state index >= 15 is 0 Å². The minimum absolute atomic E-state index is 0.0694. The van der Waals surface area contributed by atoms with E-state index in [9.17, 15) is 18.0 Å². The number of anilines is 1. The van der Waals surface area contributed by atoms with Crippen LogP contribution < -0.4 is 5.32 Å². The fourth-order valence-corrected chi connectivity index (χ4v) is 6.11. The quantitative estimate of drug-likeness (QED) is 0.540. The first-order valence-corrected chi connectivity index (χ1v) is 11.9. The summed E-state index contributed by atoms with van der Waals surface area (Å²) in [4.78, 5) is 24.5. The zero-order valence-corrected chi connectivity index (χ0v) is 17.9. The van der Waals surface area contributed by atoms with Gasteiger partial charge in [0.25, 0.3) is 5.91 Å². The van der Waals surface area contributed by atoms with Crippen LogP contribution in [0.15, 0.2) is 34.5 Å². The standard InChI is InChI=1S/C17H16N4O6S3/c22-14(18-11-2-1-3-12-15(11)20-29-19-12)10-27-17(23)16-13(4-9-28-16)30(24,25)21-5-7-26-8-6-21/h1-4,9H,5-8,10H2,(H,18,22). The molecule has 1 saturated heterocycles. The number of hydrogen-bond donors (Lipinski definition) is 1. The molecule has 1 aromatic carbocycles. The Kier molecular flexibility index (Phi) is 6.06. The maximum absolute atomic E-state index is 12.8. The number of benzene rings is 1. The lowest BCUT2D eigenvalue weighted by atomic mass is 10.2. The molecule has 10 nitrogen and oxygen atoms in total. The van der Waals surface area contributed by atoms with Gasteiger partial charge in [-0.25, -0.2) is 13.2 Å². The van der Waals surface area contributed by atoms with Crippen molar-refractivity contribution in [2.75, 3.05) is 38.2 Å². The third kappa shape index (κ3) is 4.20. The van der Waals surface area contributed by atoms with Gasteiger partial charge in [-0.1, -0.05) is 6.07 Å². The predicted molar refractivity (Wildman–Crippen MR) is 110 cm³/mol. The average molecular weight is 469 g/mol. The van der Waals surface area contributed by atoms with Crippen LogP contribution in [-0.4, -0.2) is 66.3 Å². The minimum Gasteiger partial charge on any atom is -0.451 e. The van der Waals surface area contributed by atoms with E-state index in [4.69, 9.17) is 9.47 Å². The minimum atomic E-state index is -3.85. The number of fused-ring (bicyclic) bond motifs is 1. The highest BCUT2D eigenvalue weighted by Crippen LogP contribution is 2.27. The van der Waals surface area contributed by atoms with Gasteiger partial charge in [0.2, 0.25) is 10.0 Å². The number of nitrogens with zero attached hydrogens (tertiary/aromatic N) is 3. The van der Waals surface area contributed by atoms with Gasteiger partial charge in [0.15, 0.2) is 6.61 Å². The van der Waals surface area contributed by atoms with Crippen LogP contribution in [0, 0.1) is 0 Å². The number of amides is 1. The van der Waals surface area contributed by atoms with Crippen LogP contribution in [0.1, 0.15) is 9.67 Å². The topological polar surface area (TPSA) is 128 Å². The number of nitrogens with one attached hydrogen (secondary N) is 1. The van der Waals surface area contributed by atoms with E-state index in [1.165, 1.54) is 15.8 Å². The van der Waals surface area contributed by atoms with Crippen molar-refractivity contribution >= 4 is 61.7 Å². The molecule has 0 atom stereocenters. The summed E-state index contributed by atoms with van der Waals surface area (Å²) in [5.74, 6) is -1.45. The molecule has 158 valence electrons. The predicted octanol–water partition coefficient (Wildman–Crippen LogP) is 1.57. The van der Waals surface area contributed by atoms with E-state index in [0.717, 1.165) is 23.1 Å². The molecule has 0 saturated carbocycles. The van der Waals surface area contributed by atoms with Crippen LogP contribution in [0.25, 0.3) is 11.0 Å². The molecular weight excluding hydrogens is 452 g/mol. The number of aromatic nitrogens is 2. The molecule has 1 fully saturated rings. The number of ether oxygens (including phenoxy) is 2. The van der Waals surface area contributed by atoms with E-state index in [1.807, 2.05) is 0 Å². The first-order chi connectivity index (χ1) is 14.5. The van der Waals surface area contributed by atoms with Crippen molar-refractivity contribution in [2.45, 2.75) is 4.90 Å². The number of carbonyl (C=O) groups excluding carboxylic acids is 2. The first kappa shape index (κ1) is 20.8. The smallest absolute Gasteiger partial charge is 0.350 e. The Bertz CT molecular complexity index is 1180. The van der Waals surface area contributed by atoms with Crippen molar-refractivity contribution in [3.8, 4) is 0 Å². The van der Waals surface area contributed by atoms with E-state index in [1.54, 1.807) is 18.2 Å². The summed E-state index contributed by atoms with van der Waals surface area (Å²) in [7, 11) is -3.85. The van der Waals surface area contributed by atoms with Gasteiger partial charge in [0, 0.05) is 13.1 Å². The highest BCUT2D eigenvalue weighted by Gasteiger charge is 2.32. The summed E-state index contributed by atoms with van der Waals surface area (Å²) < 4.78 is 45.4. The fraction of sp³-hybridized carbons (Fsp3) is 0.294. The number of carbonyl (C=O) groups is 2. The van der Waals surface area contributed by atoms with Gasteiger partial charge in [-0.3, -0.25) is 4.79 Å². The van der Waals surface area contributed by atoms with Gasteiger partial charge in [-0.15, -0.1) is 11.3 Å². The Morgan fingerprint density at radius 2 is 2.00 bits per heavy atom. The van der Waals surface area contributed by atoms with Crippen LogP contribution in [0.2, 0.25) is 0 Å². The Labute approximate surface area is 179 Å². The second-order valence-electron chi connectivity index (χ2n) is 6.19. The van der Waals surface area contributed by atoms with Crippen molar-refractivity contribution < 1.29 is 27.5 Å².